The van der Waals surface area contributed by atoms with E-state index in [9.17, 15) is 0 Å². The Hall–Kier alpha value is -1.22. The molecule has 2 N–H and O–H groups in total. The fourth-order valence-electron chi connectivity index (χ4n) is 1.39. The number of aryl methyl sites for hydroxylation is 1. The van der Waals surface area contributed by atoms with Crippen molar-refractivity contribution in [2.24, 2.45) is 0 Å². The Morgan fingerprint density at radius 3 is 3.00 bits per heavy atom. The van der Waals surface area contributed by atoms with Gasteiger partial charge in [0.1, 0.15) is 0 Å². The van der Waals surface area contributed by atoms with Gasteiger partial charge >= 0.3 is 0 Å². The second-order valence-electron chi connectivity index (χ2n) is 3.23. The Kier molecular flexibility index (Phi) is 2.33. The van der Waals surface area contributed by atoms with Gasteiger partial charge in [-0.1, -0.05) is 11.6 Å². The smallest absolute Gasteiger partial charge is 0.201 e. The summed E-state index contributed by atoms with van der Waals surface area (Å²) in [7, 11) is 0. The molecule has 0 saturated heterocycles. The van der Waals surface area contributed by atoms with Crippen molar-refractivity contribution >= 4 is 28.6 Å². The van der Waals surface area contributed by atoms with Crippen molar-refractivity contribution in [1.29, 1.82) is 0 Å². The molecule has 4 heteroatoms. The summed E-state index contributed by atoms with van der Waals surface area (Å²) in [6, 6.07) is 3.88. The maximum absolute atomic E-state index is 6.00. The number of fused-ring (bicyclic) bond motifs is 1. The average molecular weight is 210 g/mol. The van der Waals surface area contributed by atoms with Gasteiger partial charge in [0.15, 0.2) is 0 Å². The van der Waals surface area contributed by atoms with E-state index in [-0.39, 0.29) is 0 Å². The van der Waals surface area contributed by atoms with Crippen molar-refractivity contribution in [1.82, 2.24) is 9.97 Å². The van der Waals surface area contributed by atoms with Crippen molar-refractivity contribution in [3.8, 4) is 0 Å². The van der Waals surface area contributed by atoms with Crippen LogP contribution in [0.4, 0.5) is 5.95 Å². The molecule has 14 heavy (non-hydrogen) atoms. The predicted molar refractivity (Wildman–Crippen MR) is 60.0 cm³/mol. The van der Waals surface area contributed by atoms with Crippen LogP contribution in [0.15, 0.2) is 12.1 Å². The monoisotopic (exact) mass is 209 g/mol. The van der Waals surface area contributed by atoms with Gasteiger partial charge in [0.05, 0.1) is 11.0 Å². The minimum Gasteiger partial charge on any atom is -0.356 e. The fraction of sp³-hybridized carbons (Fsp3) is 0.300. The molecular formula is C10H12ClN3. The number of nitrogens with one attached hydrogen (secondary N) is 2. The molecule has 1 aromatic heterocycles. The Morgan fingerprint density at radius 1 is 1.50 bits per heavy atom. The highest BCUT2D eigenvalue weighted by Crippen LogP contribution is 2.22. The summed E-state index contributed by atoms with van der Waals surface area (Å²) in [5.74, 6) is 0.796. The molecule has 0 spiro atoms. The molecule has 1 aromatic carbocycles. The molecule has 0 aliphatic carbocycles. The Balaban J connectivity index is 2.54. The molecule has 0 atom stereocenters. The van der Waals surface area contributed by atoms with Crippen LogP contribution in [0.2, 0.25) is 5.02 Å². The first kappa shape index (κ1) is 9.34. The Labute approximate surface area is 87.5 Å². The maximum atomic E-state index is 6.00. The van der Waals surface area contributed by atoms with Crippen molar-refractivity contribution in [3.63, 3.8) is 0 Å². The minimum absolute atomic E-state index is 0.757. The third-order valence-electron chi connectivity index (χ3n) is 2.11. The zero-order valence-electron chi connectivity index (χ0n) is 8.19. The summed E-state index contributed by atoms with van der Waals surface area (Å²) >= 11 is 6.00. The van der Waals surface area contributed by atoms with Gasteiger partial charge in [-0.15, -0.1) is 0 Å². The number of nitrogens with zero attached hydrogens (tertiary/aromatic N) is 1. The van der Waals surface area contributed by atoms with Crippen LogP contribution in [0.25, 0.3) is 11.0 Å². The van der Waals surface area contributed by atoms with Gasteiger partial charge in [-0.05, 0) is 31.5 Å². The highest BCUT2D eigenvalue weighted by molar-refractivity contribution is 6.32. The van der Waals surface area contributed by atoms with Crippen molar-refractivity contribution in [3.05, 3.63) is 22.7 Å². The first-order chi connectivity index (χ1) is 6.70. The topological polar surface area (TPSA) is 40.7 Å². The molecule has 0 fully saturated rings. The molecule has 0 amide bonds. The zero-order valence-corrected chi connectivity index (χ0v) is 8.94. The SMILES string of the molecule is CCNc1nc2cc(Cl)c(C)cc2[nH]1. The third-order valence-corrected chi connectivity index (χ3v) is 2.51. The number of hydrogen-bond acceptors (Lipinski definition) is 2. The molecule has 2 rings (SSSR count). The molecular weight excluding hydrogens is 198 g/mol. The number of aromatic nitrogens is 2. The normalized spacial score (nSPS) is 10.8. The number of anilines is 1. The highest BCUT2D eigenvalue weighted by atomic mass is 35.5. The number of hydrogen-bond donors (Lipinski definition) is 2. The predicted octanol–water partition coefficient (Wildman–Crippen LogP) is 2.96. The highest BCUT2D eigenvalue weighted by Gasteiger charge is 2.04. The van der Waals surface area contributed by atoms with Crippen molar-refractivity contribution in [2.45, 2.75) is 13.8 Å². The number of rotatable bonds is 2. The van der Waals surface area contributed by atoms with Gasteiger partial charge in [0, 0.05) is 11.6 Å². The lowest BCUT2D eigenvalue weighted by Crippen LogP contribution is -1.97. The summed E-state index contributed by atoms with van der Waals surface area (Å²) in [6.07, 6.45) is 0. The molecule has 0 radical (unpaired) electrons. The van der Waals surface area contributed by atoms with E-state index in [0.717, 1.165) is 34.1 Å². The second-order valence-corrected chi connectivity index (χ2v) is 3.64. The molecule has 1 heterocycles. The van der Waals surface area contributed by atoms with Crippen LogP contribution in [0.1, 0.15) is 12.5 Å². The lowest BCUT2D eigenvalue weighted by molar-refractivity contribution is 1.14. The van der Waals surface area contributed by atoms with Crippen LogP contribution >= 0.6 is 11.6 Å². The van der Waals surface area contributed by atoms with Gasteiger partial charge in [-0.25, -0.2) is 4.98 Å². The van der Waals surface area contributed by atoms with Crippen molar-refractivity contribution in [2.75, 3.05) is 11.9 Å². The van der Waals surface area contributed by atoms with Crippen LogP contribution in [0.5, 0.6) is 0 Å². The van der Waals surface area contributed by atoms with Gasteiger partial charge in [-0.2, -0.15) is 0 Å². The van der Waals surface area contributed by atoms with Crippen molar-refractivity contribution < 1.29 is 0 Å². The molecule has 0 aliphatic heterocycles. The third kappa shape index (κ3) is 1.55. The molecule has 0 saturated carbocycles. The van der Waals surface area contributed by atoms with Gasteiger partial charge in [0.25, 0.3) is 0 Å². The number of halogens is 1. The average Bonchev–Trinajstić information content (AvgIpc) is 2.48. The first-order valence-corrected chi connectivity index (χ1v) is 4.98. The van der Waals surface area contributed by atoms with E-state index in [1.165, 1.54) is 0 Å². The van der Waals surface area contributed by atoms with E-state index in [4.69, 9.17) is 11.6 Å². The van der Waals surface area contributed by atoms with Crippen LogP contribution < -0.4 is 5.32 Å². The van der Waals surface area contributed by atoms with Gasteiger partial charge < -0.3 is 10.3 Å². The van der Waals surface area contributed by atoms with E-state index >= 15 is 0 Å². The molecule has 74 valence electrons. The summed E-state index contributed by atoms with van der Waals surface area (Å²) in [4.78, 5) is 7.54. The fourth-order valence-corrected chi connectivity index (χ4v) is 1.55. The molecule has 2 aromatic rings. The summed E-state index contributed by atoms with van der Waals surface area (Å²) < 4.78 is 0. The standard InChI is InChI=1S/C10H12ClN3/c1-3-12-10-13-8-4-6(2)7(11)5-9(8)14-10/h4-5H,3H2,1-2H3,(H2,12,13,14). The number of benzene rings is 1. The number of H-pyrrole nitrogens is 1. The first-order valence-electron chi connectivity index (χ1n) is 4.60. The van der Waals surface area contributed by atoms with Crippen LogP contribution in [0.3, 0.4) is 0 Å². The lowest BCUT2D eigenvalue weighted by Gasteiger charge is -1.95. The zero-order chi connectivity index (χ0) is 10.1. The Bertz CT molecular complexity index is 423. The van der Waals surface area contributed by atoms with E-state index in [2.05, 4.69) is 15.3 Å². The summed E-state index contributed by atoms with van der Waals surface area (Å²) in [6.45, 7) is 4.87. The lowest BCUT2D eigenvalue weighted by atomic mass is 10.2. The van der Waals surface area contributed by atoms with Gasteiger partial charge in [0.2, 0.25) is 5.95 Å². The van der Waals surface area contributed by atoms with E-state index in [1.807, 2.05) is 26.0 Å². The summed E-state index contributed by atoms with van der Waals surface area (Å²) in [5, 5.41) is 3.88. The van der Waals surface area contributed by atoms with E-state index in [0.29, 0.717) is 0 Å². The number of aromatic amines is 1. The maximum Gasteiger partial charge on any atom is 0.201 e. The Morgan fingerprint density at radius 2 is 2.29 bits per heavy atom. The van der Waals surface area contributed by atoms with Crippen LogP contribution in [-0.4, -0.2) is 16.5 Å². The van der Waals surface area contributed by atoms with E-state index in [1.54, 1.807) is 0 Å². The number of imidazole rings is 1. The molecule has 0 aliphatic rings. The van der Waals surface area contributed by atoms with E-state index < -0.39 is 0 Å². The quantitative estimate of drug-likeness (QED) is 0.799. The minimum atomic E-state index is 0.757. The van der Waals surface area contributed by atoms with Gasteiger partial charge in [-0.3, -0.25) is 0 Å². The van der Waals surface area contributed by atoms with Crippen LogP contribution in [0, 0.1) is 6.92 Å². The van der Waals surface area contributed by atoms with Crippen LogP contribution in [-0.2, 0) is 0 Å². The molecule has 3 nitrogen and oxygen atoms in total. The molecule has 0 bridgehead atoms. The summed E-state index contributed by atoms with van der Waals surface area (Å²) in [5.41, 5.74) is 2.98. The molecule has 0 unspecified atom stereocenters. The second kappa shape index (κ2) is 3.50. The largest absolute Gasteiger partial charge is 0.356 e.